The minimum atomic E-state index is -0.894. The highest BCUT2D eigenvalue weighted by atomic mass is 16.7. The van der Waals surface area contributed by atoms with Crippen molar-refractivity contribution < 1.29 is 19.4 Å². The van der Waals surface area contributed by atoms with Crippen molar-refractivity contribution in [3.05, 3.63) is 29.8 Å². The van der Waals surface area contributed by atoms with E-state index in [0.29, 0.717) is 11.7 Å². The molecule has 1 aliphatic carbocycles. The molecule has 2 aliphatic rings. The second-order valence-corrected chi connectivity index (χ2v) is 4.63. The maximum Gasteiger partial charge on any atom is 0.328 e. The van der Waals surface area contributed by atoms with E-state index in [2.05, 4.69) is 0 Å². The summed E-state index contributed by atoms with van der Waals surface area (Å²) < 4.78 is 10.6. The molecule has 0 amide bonds. The number of aliphatic carboxylic acids is 1. The lowest BCUT2D eigenvalue weighted by molar-refractivity contribution is -0.131. The van der Waals surface area contributed by atoms with E-state index in [-0.39, 0.29) is 6.79 Å². The summed E-state index contributed by atoms with van der Waals surface area (Å²) in [5, 5.41) is 8.97. The van der Waals surface area contributed by atoms with Crippen molar-refractivity contribution in [1.82, 2.24) is 0 Å². The molecule has 4 nitrogen and oxygen atoms in total. The fourth-order valence-corrected chi connectivity index (χ4v) is 2.37. The summed E-state index contributed by atoms with van der Waals surface area (Å²) in [6.45, 7) is 0.236. The lowest BCUT2D eigenvalue weighted by Gasteiger charge is -2.28. The van der Waals surface area contributed by atoms with Crippen molar-refractivity contribution in [2.45, 2.75) is 19.3 Å². The van der Waals surface area contributed by atoms with Gasteiger partial charge in [0.15, 0.2) is 11.5 Å². The molecule has 1 saturated carbocycles. The fraction of sp³-hybridized carbons (Fsp3) is 0.357. The summed E-state index contributed by atoms with van der Waals surface area (Å²) >= 11 is 0. The molecular formula is C14H14O4. The van der Waals surface area contributed by atoms with Crippen LogP contribution in [-0.4, -0.2) is 17.9 Å². The molecule has 94 valence electrons. The average Bonchev–Trinajstić information content (AvgIpc) is 2.71. The topological polar surface area (TPSA) is 55.8 Å². The van der Waals surface area contributed by atoms with Gasteiger partial charge in [0.1, 0.15) is 0 Å². The monoisotopic (exact) mass is 246 g/mol. The maximum atomic E-state index is 10.9. The first-order valence-electron chi connectivity index (χ1n) is 6.08. The lowest BCUT2D eigenvalue weighted by Crippen LogP contribution is -2.14. The number of benzene rings is 1. The number of carboxylic acid groups (broad SMARTS) is 1. The van der Waals surface area contributed by atoms with Crippen molar-refractivity contribution >= 4 is 11.5 Å². The molecule has 0 aromatic heterocycles. The Kier molecular flexibility index (Phi) is 2.70. The Morgan fingerprint density at radius 3 is 2.72 bits per heavy atom. The minimum Gasteiger partial charge on any atom is -0.478 e. The van der Waals surface area contributed by atoms with E-state index in [4.69, 9.17) is 14.6 Å². The molecule has 0 atom stereocenters. The van der Waals surface area contributed by atoms with Gasteiger partial charge in [0.2, 0.25) is 6.79 Å². The molecule has 0 saturated heterocycles. The van der Waals surface area contributed by atoms with Gasteiger partial charge >= 0.3 is 5.97 Å². The second kappa shape index (κ2) is 4.37. The molecule has 1 aliphatic heterocycles. The zero-order chi connectivity index (χ0) is 12.5. The largest absolute Gasteiger partial charge is 0.478 e. The maximum absolute atomic E-state index is 10.9. The van der Waals surface area contributed by atoms with Crippen LogP contribution in [-0.2, 0) is 4.79 Å². The van der Waals surface area contributed by atoms with Gasteiger partial charge in [-0.3, -0.25) is 0 Å². The summed E-state index contributed by atoms with van der Waals surface area (Å²) in [5.41, 5.74) is 1.82. The van der Waals surface area contributed by atoms with Crippen molar-refractivity contribution in [2.24, 2.45) is 5.92 Å². The van der Waals surface area contributed by atoms with Gasteiger partial charge in [-0.25, -0.2) is 4.79 Å². The van der Waals surface area contributed by atoms with Crippen LogP contribution in [0.25, 0.3) is 5.57 Å². The fourth-order valence-electron chi connectivity index (χ4n) is 2.37. The van der Waals surface area contributed by atoms with Gasteiger partial charge < -0.3 is 14.6 Å². The van der Waals surface area contributed by atoms with Gasteiger partial charge in [0.25, 0.3) is 0 Å². The number of allylic oxidation sites excluding steroid dienone is 1. The quantitative estimate of drug-likeness (QED) is 0.833. The van der Waals surface area contributed by atoms with Gasteiger partial charge in [-0.1, -0.05) is 12.5 Å². The van der Waals surface area contributed by atoms with Crippen LogP contribution in [0.2, 0.25) is 0 Å². The van der Waals surface area contributed by atoms with Crippen LogP contribution in [0.4, 0.5) is 0 Å². The molecule has 0 radical (unpaired) electrons. The normalized spacial score (nSPS) is 18.6. The summed E-state index contributed by atoms with van der Waals surface area (Å²) in [4.78, 5) is 10.9. The van der Waals surface area contributed by atoms with Gasteiger partial charge in [-0.15, -0.1) is 0 Å². The summed E-state index contributed by atoms with van der Waals surface area (Å²) in [6, 6.07) is 5.61. The van der Waals surface area contributed by atoms with Crippen LogP contribution < -0.4 is 9.47 Å². The third kappa shape index (κ3) is 1.94. The predicted octanol–water partition coefficient (Wildman–Crippen LogP) is 2.68. The first kappa shape index (κ1) is 11.1. The molecule has 0 spiro atoms. The zero-order valence-corrected chi connectivity index (χ0v) is 9.89. The van der Waals surface area contributed by atoms with Crippen LogP contribution in [0, 0.1) is 5.92 Å². The molecule has 0 unspecified atom stereocenters. The van der Waals surface area contributed by atoms with Crippen molar-refractivity contribution in [3.63, 3.8) is 0 Å². The van der Waals surface area contributed by atoms with Crippen LogP contribution in [0.15, 0.2) is 24.3 Å². The van der Waals surface area contributed by atoms with Gasteiger partial charge in [0.05, 0.1) is 0 Å². The third-order valence-corrected chi connectivity index (χ3v) is 3.53. The van der Waals surface area contributed by atoms with E-state index in [0.717, 1.165) is 29.7 Å². The zero-order valence-electron chi connectivity index (χ0n) is 9.89. The van der Waals surface area contributed by atoms with Crippen molar-refractivity contribution in [1.29, 1.82) is 0 Å². The minimum absolute atomic E-state index is 0.236. The molecule has 4 heteroatoms. The molecule has 0 bridgehead atoms. The Labute approximate surface area is 105 Å². The highest BCUT2D eigenvalue weighted by Gasteiger charge is 2.25. The smallest absolute Gasteiger partial charge is 0.328 e. The number of ether oxygens (including phenoxy) is 2. The number of rotatable bonds is 3. The Morgan fingerprint density at radius 1 is 1.28 bits per heavy atom. The molecule has 1 aromatic carbocycles. The van der Waals surface area contributed by atoms with Crippen LogP contribution in [0.1, 0.15) is 24.8 Å². The first-order chi connectivity index (χ1) is 8.74. The van der Waals surface area contributed by atoms with Crippen LogP contribution in [0.5, 0.6) is 11.5 Å². The van der Waals surface area contributed by atoms with Crippen LogP contribution >= 0.6 is 0 Å². The number of hydrogen-bond acceptors (Lipinski definition) is 3. The molecule has 1 N–H and O–H groups in total. The summed E-state index contributed by atoms with van der Waals surface area (Å²) in [7, 11) is 0. The summed E-state index contributed by atoms with van der Waals surface area (Å²) in [6.07, 6.45) is 4.62. The highest BCUT2D eigenvalue weighted by Crippen LogP contribution is 2.41. The van der Waals surface area contributed by atoms with E-state index in [1.54, 1.807) is 0 Å². The van der Waals surface area contributed by atoms with Gasteiger partial charge in [-0.05, 0) is 42.0 Å². The molecular weight excluding hydrogens is 232 g/mol. The van der Waals surface area contributed by atoms with Crippen molar-refractivity contribution in [3.8, 4) is 11.5 Å². The Balaban J connectivity index is 1.97. The lowest BCUT2D eigenvalue weighted by atomic mass is 9.77. The Hall–Kier alpha value is -1.97. The van der Waals surface area contributed by atoms with E-state index >= 15 is 0 Å². The molecule has 1 aromatic rings. The predicted molar refractivity (Wildman–Crippen MR) is 65.5 cm³/mol. The Bertz CT molecular complexity index is 515. The first-order valence-corrected chi connectivity index (χ1v) is 6.08. The van der Waals surface area contributed by atoms with Crippen molar-refractivity contribution in [2.75, 3.05) is 6.79 Å². The molecule has 3 rings (SSSR count). The van der Waals surface area contributed by atoms with E-state index in [1.165, 1.54) is 12.5 Å². The van der Waals surface area contributed by atoms with Crippen LogP contribution in [0.3, 0.4) is 0 Å². The Morgan fingerprint density at radius 2 is 2.06 bits per heavy atom. The summed E-state index contributed by atoms with van der Waals surface area (Å²) in [5.74, 6) is 0.890. The van der Waals surface area contributed by atoms with Gasteiger partial charge in [0, 0.05) is 6.08 Å². The highest BCUT2D eigenvalue weighted by molar-refractivity contribution is 5.91. The third-order valence-electron chi connectivity index (χ3n) is 3.53. The van der Waals surface area contributed by atoms with Gasteiger partial charge in [-0.2, -0.15) is 0 Å². The SMILES string of the molecule is O=C(O)/C=C(/c1ccc2c(c1)OCO2)C1CCC1. The second-order valence-electron chi connectivity index (χ2n) is 4.63. The van der Waals surface area contributed by atoms with E-state index in [1.807, 2.05) is 18.2 Å². The number of carbonyl (C=O) groups is 1. The average molecular weight is 246 g/mol. The van der Waals surface area contributed by atoms with E-state index in [9.17, 15) is 4.79 Å². The number of hydrogen-bond donors (Lipinski definition) is 1. The molecule has 18 heavy (non-hydrogen) atoms. The standard InChI is InChI=1S/C14H14O4/c15-14(16)7-11(9-2-1-3-9)10-4-5-12-13(6-10)18-8-17-12/h4-7,9H,1-3,8H2,(H,15,16)/b11-7+. The molecule has 1 fully saturated rings. The molecule has 1 heterocycles. The number of carboxylic acids is 1. The number of fused-ring (bicyclic) bond motifs is 1. The van der Waals surface area contributed by atoms with E-state index < -0.39 is 5.97 Å².